The van der Waals surface area contributed by atoms with Crippen LogP contribution >= 0.6 is 0 Å². The fraction of sp³-hybridized carbons (Fsp3) is 0.727. The van der Waals surface area contributed by atoms with E-state index >= 15 is 0 Å². The van der Waals surface area contributed by atoms with Gasteiger partial charge in [-0.3, -0.25) is 4.79 Å². The van der Waals surface area contributed by atoms with E-state index in [2.05, 4.69) is 17.7 Å². The second kappa shape index (κ2) is 5.02. The SMILES string of the molecule is C#CCCN1CC(C)C(C(=O)OC)C1. The van der Waals surface area contributed by atoms with Crippen LogP contribution in [0.2, 0.25) is 0 Å². The van der Waals surface area contributed by atoms with Crippen LogP contribution in [0.3, 0.4) is 0 Å². The topological polar surface area (TPSA) is 29.5 Å². The first kappa shape index (κ1) is 11.1. The normalized spacial score (nSPS) is 27.2. The van der Waals surface area contributed by atoms with Gasteiger partial charge < -0.3 is 9.64 Å². The van der Waals surface area contributed by atoms with E-state index in [9.17, 15) is 4.79 Å². The summed E-state index contributed by atoms with van der Waals surface area (Å²) < 4.78 is 4.75. The molecule has 0 amide bonds. The first-order valence-corrected chi connectivity index (χ1v) is 4.92. The molecule has 0 aromatic rings. The average molecular weight is 195 g/mol. The van der Waals surface area contributed by atoms with Crippen LogP contribution in [0.25, 0.3) is 0 Å². The van der Waals surface area contributed by atoms with Crippen LogP contribution in [-0.4, -0.2) is 37.6 Å². The van der Waals surface area contributed by atoms with Crippen molar-refractivity contribution in [2.75, 3.05) is 26.7 Å². The third-order valence-corrected chi connectivity index (χ3v) is 2.76. The van der Waals surface area contributed by atoms with Crippen molar-refractivity contribution in [1.82, 2.24) is 4.90 Å². The zero-order chi connectivity index (χ0) is 10.6. The number of rotatable bonds is 3. The summed E-state index contributed by atoms with van der Waals surface area (Å²) in [5, 5.41) is 0. The second-order valence-electron chi connectivity index (χ2n) is 3.82. The van der Waals surface area contributed by atoms with Crippen LogP contribution < -0.4 is 0 Å². The molecule has 1 aliphatic heterocycles. The number of carbonyl (C=O) groups is 1. The van der Waals surface area contributed by atoms with Crippen LogP contribution in [-0.2, 0) is 9.53 Å². The van der Waals surface area contributed by atoms with E-state index in [1.54, 1.807) is 0 Å². The molecule has 0 radical (unpaired) electrons. The largest absolute Gasteiger partial charge is 0.469 e. The summed E-state index contributed by atoms with van der Waals surface area (Å²) in [6.45, 7) is 4.70. The van der Waals surface area contributed by atoms with E-state index < -0.39 is 0 Å². The lowest BCUT2D eigenvalue weighted by molar-refractivity contribution is -0.146. The molecule has 0 aromatic heterocycles. The van der Waals surface area contributed by atoms with Gasteiger partial charge >= 0.3 is 5.97 Å². The maximum absolute atomic E-state index is 11.4. The minimum absolute atomic E-state index is 0.0257. The molecule has 0 N–H and O–H groups in total. The molecule has 1 aliphatic rings. The fourth-order valence-electron chi connectivity index (χ4n) is 1.93. The molecule has 0 saturated carbocycles. The van der Waals surface area contributed by atoms with Gasteiger partial charge in [0.1, 0.15) is 0 Å². The second-order valence-corrected chi connectivity index (χ2v) is 3.82. The van der Waals surface area contributed by atoms with Crippen LogP contribution in [0.4, 0.5) is 0 Å². The third-order valence-electron chi connectivity index (χ3n) is 2.76. The number of hydrogen-bond acceptors (Lipinski definition) is 3. The van der Waals surface area contributed by atoms with E-state index in [4.69, 9.17) is 11.2 Å². The van der Waals surface area contributed by atoms with Gasteiger partial charge in [-0.15, -0.1) is 12.3 Å². The van der Waals surface area contributed by atoms with Crippen molar-refractivity contribution in [1.29, 1.82) is 0 Å². The van der Waals surface area contributed by atoms with Crippen molar-refractivity contribution in [3.63, 3.8) is 0 Å². The molecule has 0 spiro atoms. The molecule has 14 heavy (non-hydrogen) atoms. The van der Waals surface area contributed by atoms with E-state index in [0.717, 1.165) is 26.1 Å². The molecule has 1 rings (SSSR count). The zero-order valence-corrected chi connectivity index (χ0v) is 8.82. The Morgan fingerprint density at radius 3 is 2.93 bits per heavy atom. The van der Waals surface area contributed by atoms with Gasteiger partial charge in [-0.25, -0.2) is 0 Å². The quantitative estimate of drug-likeness (QED) is 0.491. The van der Waals surface area contributed by atoms with E-state index in [1.807, 2.05) is 0 Å². The maximum atomic E-state index is 11.4. The molecule has 1 fully saturated rings. The Hall–Kier alpha value is -1.01. The van der Waals surface area contributed by atoms with Crippen molar-refractivity contribution in [3.05, 3.63) is 0 Å². The number of ether oxygens (including phenoxy) is 1. The third kappa shape index (κ3) is 2.49. The smallest absolute Gasteiger partial charge is 0.310 e. The maximum Gasteiger partial charge on any atom is 0.310 e. The Balaban J connectivity index is 2.44. The lowest BCUT2D eigenvalue weighted by atomic mass is 9.99. The van der Waals surface area contributed by atoms with E-state index in [0.29, 0.717) is 5.92 Å². The Bertz CT molecular complexity index is 244. The van der Waals surface area contributed by atoms with Crippen molar-refractivity contribution >= 4 is 5.97 Å². The predicted molar refractivity (Wildman–Crippen MR) is 54.6 cm³/mol. The molecule has 78 valence electrons. The highest BCUT2D eigenvalue weighted by Crippen LogP contribution is 2.23. The van der Waals surface area contributed by atoms with Crippen molar-refractivity contribution in [3.8, 4) is 12.3 Å². The van der Waals surface area contributed by atoms with Crippen LogP contribution in [0.15, 0.2) is 0 Å². The van der Waals surface area contributed by atoms with Crippen LogP contribution in [0, 0.1) is 24.2 Å². The highest BCUT2D eigenvalue weighted by molar-refractivity contribution is 5.73. The molecule has 2 unspecified atom stereocenters. The Kier molecular flexibility index (Phi) is 3.97. The molecule has 2 atom stereocenters. The summed E-state index contributed by atoms with van der Waals surface area (Å²) in [4.78, 5) is 13.6. The first-order valence-electron chi connectivity index (χ1n) is 4.92. The molecular formula is C11H17NO2. The molecule has 3 nitrogen and oxygen atoms in total. The van der Waals surface area contributed by atoms with Crippen LogP contribution in [0.5, 0.6) is 0 Å². The Morgan fingerprint density at radius 1 is 1.64 bits per heavy atom. The summed E-state index contributed by atoms with van der Waals surface area (Å²) in [5.74, 6) is 2.91. The van der Waals surface area contributed by atoms with Crippen molar-refractivity contribution < 1.29 is 9.53 Å². The number of nitrogens with zero attached hydrogens (tertiary/aromatic N) is 1. The number of carbonyl (C=O) groups excluding carboxylic acids is 1. The Labute approximate surface area is 85.4 Å². The van der Waals surface area contributed by atoms with Gasteiger partial charge in [-0.05, 0) is 5.92 Å². The zero-order valence-electron chi connectivity index (χ0n) is 8.82. The number of terminal acetylenes is 1. The van der Waals surface area contributed by atoms with Gasteiger partial charge in [0.25, 0.3) is 0 Å². The predicted octanol–water partition coefficient (Wildman–Crippen LogP) is 0.751. The van der Waals surface area contributed by atoms with E-state index in [-0.39, 0.29) is 11.9 Å². The summed E-state index contributed by atoms with van der Waals surface area (Å²) in [6.07, 6.45) is 5.94. The highest BCUT2D eigenvalue weighted by atomic mass is 16.5. The average Bonchev–Trinajstić information content (AvgIpc) is 2.55. The van der Waals surface area contributed by atoms with Crippen molar-refractivity contribution in [2.24, 2.45) is 11.8 Å². The molecule has 0 bridgehead atoms. The molecule has 0 aromatic carbocycles. The summed E-state index contributed by atoms with van der Waals surface area (Å²) in [5.41, 5.74) is 0. The van der Waals surface area contributed by atoms with Gasteiger partial charge in [0, 0.05) is 26.1 Å². The van der Waals surface area contributed by atoms with Crippen LogP contribution in [0.1, 0.15) is 13.3 Å². The summed E-state index contributed by atoms with van der Waals surface area (Å²) in [6, 6.07) is 0. The molecular weight excluding hydrogens is 178 g/mol. The Morgan fingerprint density at radius 2 is 2.36 bits per heavy atom. The van der Waals surface area contributed by atoms with Crippen molar-refractivity contribution in [2.45, 2.75) is 13.3 Å². The lowest BCUT2D eigenvalue weighted by Crippen LogP contribution is -2.25. The summed E-state index contributed by atoms with van der Waals surface area (Å²) in [7, 11) is 1.44. The molecule has 3 heteroatoms. The highest BCUT2D eigenvalue weighted by Gasteiger charge is 2.34. The standard InChI is InChI=1S/C11H17NO2/c1-4-5-6-12-7-9(2)10(8-12)11(13)14-3/h1,9-10H,5-8H2,2-3H3. The number of esters is 1. The number of likely N-dealkylation sites (tertiary alicyclic amines) is 1. The minimum Gasteiger partial charge on any atom is -0.469 e. The van der Waals surface area contributed by atoms with Gasteiger partial charge in [-0.1, -0.05) is 6.92 Å². The lowest BCUT2D eigenvalue weighted by Gasteiger charge is -2.12. The molecule has 1 saturated heterocycles. The number of hydrogen-bond donors (Lipinski definition) is 0. The number of methoxy groups -OCH3 is 1. The molecule has 0 aliphatic carbocycles. The summed E-state index contributed by atoms with van der Waals surface area (Å²) >= 11 is 0. The van der Waals surface area contributed by atoms with Gasteiger partial charge in [0.2, 0.25) is 0 Å². The van der Waals surface area contributed by atoms with Gasteiger partial charge in [-0.2, -0.15) is 0 Å². The van der Waals surface area contributed by atoms with Gasteiger partial charge in [0.05, 0.1) is 13.0 Å². The monoisotopic (exact) mass is 195 g/mol. The first-order chi connectivity index (χ1) is 6.69. The van der Waals surface area contributed by atoms with E-state index in [1.165, 1.54) is 7.11 Å². The molecule has 1 heterocycles. The van der Waals surface area contributed by atoms with Gasteiger partial charge in [0.15, 0.2) is 0 Å². The minimum atomic E-state index is -0.0966. The fourth-order valence-corrected chi connectivity index (χ4v) is 1.93.